The highest BCUT2D eigenvalue weighted by Gasteiger charge is 2.17. The molecule has 2 aromatic carbocycles. The predicted molar refractivity (Wildman–Crippen MR) is 94.5 cm³/mol. The fourth-order valence-corrected chi connectivity index (χ4v) is 6.82. The largest absolute Gasteiger partial charge is 0.222 e. The van der Waals surface area contributed by atoms with Crippen LogP contribution in [0.2, 0.25) is 0 Å². The lowest BCUT2D eigenvalue weighted by Gasteiger charge is -1.89. The summed E-state index contributed by atoms with van der Waals surface area (Å²) >= 11 is 5.76. The molecule has 3 heterocycles. The van der Waals surface area contributed by atoms with Gasteiger partial charge in [-0.2, -0.15) is 0 Å². The predicted octanol–water partition coefficient (Wildman–Crippen LogP) is 6.77. The summed E-state index contributed by atoms with van der Waals surface area (Å²) in [5, 5.41) is 5.60. The number of thiophene rings is 2. The molecule has 20 heavy (non-hydrogen) atoms. The third kappa shape index (κ3) is 1.43. The maximum atomic E-state index is 2.39. The van der Waals surface area contributed by atoms with Gasteiger partial charge < -0.3 is 0 Å². The Morgan fingerprint density at radius 1 is 0.600 bits per heavy atom. The summed E-state index contributed by atoms with van der Waals surface area (Å²) in [4.78, 5) is 0. The lowest BCUT2D eigenvalue weighted by molar-refractivity contribution is 1.86. The zero-order valence-electron chi connectivity index (χ0n) is 10.4. The second-order valence-corrected chi connectivity index (χ2v) is 8.49. The summed E-state index contributed by atoms with van der Waals surface area (Å²) in [5.41, 5.74) is 0. The Kier molecular flexibility index (Phi) is 2.22. The van der Waals surface area contributed by atoms with Crippen LogP contribution in [0.4, 0.5) is 0 Å². The highest BCUT2D eigenvalue weighted by molar-refractivity contribution is 7.50. The Morgan fingerprint density at radius 3 is 1.65 bits per heavy atom. The van der Waals surface area contributed by atoms with Crippen molar-refractivity contribution in [1.29, 1.82) is 0 Å². The smallest absolute Gasteiger partial charge is 0.0615 e. The monoisotopic (exact) mass is 309 g/mol. The van der Waals surface area contributed by atoms with Gasteiger partial charge in [-0.15, -0.1) is 0 Å². The molecule has 0 atom stereocenters. The van der Waals surface area contributed by atoms with Crippen molar-refractivity contribution in [3.8, 4) is 0 Å². The Morgan fingerprint density at radius 2 is 1.10 bits per heavy atom. The maximum Gasteiger partial charge on any atom is 0.222 e. The van der Waals surface area contributed by atoms with Crippen molar-refractivity contribution in [3.63, 3.8) is 0 Å². The third-order valence-corrected chi connectivity index (χ3v) is 7.45. The molecule has 94 valence electrons. The minimum Gasteiger partial charge on any atom is -0.0615 e. The van der Waals surface area contributed by atoms with Gasteiger partial charge in [0.1, 0.15) is 9.40 Å². The number of rotatable bonds is 0. The normalized spacial score (nSPS) is 12.0. The van der Waals surface area contributed by atoms with Crippen LogP contribution in [0.15, 0.2) is 54.6 Å². The highest BCUT2D eigenvalue weighted by atomic mass is 32.2. The van der Waals surface area contributed by atoms with Crippen molar-refractivity contribution in [3.05, 3.63) is 54.6 Å². The van der Waals surface area contributed by atoms with Gasteiger partial charge in [-0.25, -0.2) is 0 Å². The van der Waals surface area contributed by atoms with Crippen LogP contribution in [-0.4, -0.2) is 0 Å². The topological polar surface area (TPSA) is 0 Å². The zero-order valence-corrected chi connectivity index (χ0v) is 12.9. The van der Waals surface area contributed by atoms with Gasteiger partial charge in [0.15, 0.2) is 0 Å². The first-order valence-corrected chi connectivity index (χ1v) is 8.91. The summed E-state index contributed by atoms with van der Waals surface area (Å²) in [6.45, 7) is 0. The molecular weight excluding hydrogens is 300 g/mol. The Hall–Kier alpha value is -1.55. The van der Waals surface area contributed by atoms with E-state index >= 15 is 0 Å². The van der Waals surface area contributed by atoms with Crippen molar-refractivity contribution < 1.29 is 0 Å². The molecule has 0 unspecified atom stereocenters. The number of benzene rings is 2. The van der Waals surface area contributed by atoms with Gasteiger partial charge in [-0.1, -0.05) is 36.4 Å². The first-order chi connectivity index (χ1) is 9.90. The third-order valence-electron chi connectivity index (χ3n) is 3.67. The molecule has 0 amide bonds. The zero-order chi connectivity index (χ0) is 13.1. The van der Waals surface area contributed by atoms with E-state index < -0.39 is 0 Å². The van der Waals surface area contributed by atoms with Gasteiger partial charge in [0.2, 0.25) is 8.03 Å². The summed E-state index contributed by atoms with van der Waals surface area (Å²) < 4.78 is 5.65. The summed E-state index contributed by atoms with van der Waals surface area (Å²) in [6.07, 6.45) is 0. The molecule has 0 aliphatic carbocycles. The van der Waals surface area contributed by atoms with Gasteiger partial charge in [-0.3, -0.25) is 0 Å². The van der Waals surface area contributed by atoms with Crippen LogP contribution < -0.4 is 0 Å². The van der Waals surface area contributed by atoms with E-state index in [1.807, 2.05) is 34.0 Å². The average molecular weight is 309 g/mol. The lowest BCUT2D eigenvalue weighted by Crippen LogP contribution is -1.66. The van der Waals surface area contributed by atoms with Crippen molar-refractivity contribution in [2.24, 2.45) is 0 Å². The minimum atomic E-state index is 1.39. The molecular formula is C17H9S3+. The van der Waals surface area contributed by atoms with E-state index in [0.29, 0.717) is 0 Å². The summed E-state index contributed by atoms with van der Waals surface area (Å²) in [6, 6.07) is 19.8. The van der Waals surface area contributed by atoms with Gasteiger partial charge in [0.05, 0.1) is 0 Å². The van der Waals surface area contributed by atoms with Crippen LogP contribution in [-0.2, 0) is 0 Å². The molecule has 0 aliphatic heterocycles. The SMILES string of the molecule is c1ccc2c(c1)sc1[s+]c3sc4ccccc4c3cc12. The van der Waals surface area contributed by atoms with Crippen LogP contribution in [0.5, 0.6) is 0 Å². The Balaban J connectivity index is 2.06. The van der Waals surface area contributed by atoms with Crippen molar-refractivity contribution in [1.82, 2.24) is 0 Å². The molecule has 0 aliphatic rings. The molecule has 0 saturated carbocycles. The molecule has 5 rings (SSSR count). The summed E-state index contributed by atoms with van der Waals surface area (Å²) in [7, 11) is 0. The second-order valence-electron chi connectivity index (χ2n) is 4.85. The van der Waals surface area contributed by atoms with Crippen LogP contribution in [0.3, 0.4) is 0 Å². The van der Waals surface area contributed by atoms with E-state index in [9.17, 15) is 0 Å². The minimum absolute atomic E-state index is 1.39. The molecule has 0 fully saturated rings. The van der Waals surface area contributed by atoms with Crippen molar-refractivity contribution in [2.75, 3.05) is 0 Å². The van der Waals surface area contributed by atoms with Crippen LogP contribution >= 0.6 is 34.0 Å². The maximum absolute atomic E-state index is 2.39. The number of hydrogen-bond donors (Lipinski definition) is 0. The molecule has 0 N–H and O–H groups in total. The average Bonchev–Trinajstić information content (AvgIpc) is 3.02. The van der Waals surface area contributed by atoms with E-state index in [0.717, 1.165) is 0 Å². The molecule has 0 spiro atoms. The van der Waals surface area contributed by atoms with E-state index in [2.05, 4.69) is 54.6 Å². The van der Waals surface area contributed by atoms with Crippen LogP contribution in [0, 0.1) is 0 Å². The highest BCUT2D eigenvalue weighted by Crippen LogP contribution is 2.44. The fraction of sp³-hybridized carbons (Fsp3) is 0. The van der Waals surface area contributed by atoms with E-state index in [1.165, 1.54) is 39.0 Å². The molecule has 3 heteroatoms. The fourth-order valence-electron chi connectivity index (χ4n) is 2.74. The molecule has 0 bridgehead atoms. The first-order valence-electron chi connectivity index (χ1n) is 6.46. The Bertz CT molecular complexity index is 1010. The molecule has 3 aromatic heterocycles. The molecule has 5 aromatic rings. The number of hydrogen-bond acceptors (Lipinski definition) is 2. The van der Waals surface area contributed by atoms with Gasteiger partial charge >= 0.3 is 0 Å². The van der Waals surface area contributed by atoms with E-state index in [4.69, 9.17) is 0 Å². The number of fused-ring (bicyclic) bond motifs is 6. The van der Waals surface area contributed by atoms with Gasteiger partial charge in [0.25, 0.3) is 0 Å². The van der Waals surface area contributed by atoms with E-state index in [-0.39, 0.29) is 0 Å². The summed E-state index contributed by atoms with van der Waals surface area (Å²) in [5.74, 6) is 0. The second kappa shape index (κ2) is 3.98. The lowest BCUT2D eigenvalue weighted by atomic mass is 10.1. The Labute approximate surface area is 127 Å². The van der Waals surface area contributed by atoms with E-state index in [1.54, 1.807) is 0 Å². The quantitative estimate of drug-likeness (QED) is 0.277. The van der Waals surface area contributed by atoms with Crippen molar-refractivity contribution >= 4 is 73.0 Å². The van der Waals surface area contributed by atoms with Crippen molar-refractivity contribution in [2.45, 2.75) is 0 Å². The molecule has 0 radical (unpaired) electrons. The van der Waals surface area contributed by atoms with Gasteiger partial charge in [-0.05, 0) is 18.2 Å². The van der Waals surface area contributed by atoms with Crippen LogP contribution in [0.1, 0.15) is 0 Å². The molecule has 0 saturated heterocycles. The van der Waals surface area contributed by atoms with Gasteiger partial charge in [0, 0.05) is 55.6 Å². The first kappa shape index (κ1) is 11.1. The van der Waals surface area contributed by atoms with Crippen LogP contribution in [0.25, 0.3) is 39.0 Å². The standard InChI is InChI=1S/C17H9S3/c1-3-7-14-10(5-1)12-9-13-11-6-2-4-8-15(11)19-17(13)20-16(12)18-14/h1-9H/q+1. The molecule has 0 nitrogen and oxygen atoms in total.